The van der Waals surface area contributed by atoms with Crippen LogP contribution in [0.3, 0.4) is 0 Å². The van der Waals surface area contributed by atoms with E-state index < -0.39 is 24.3 Å². The molecule has 2 atom stereocenters. The van der Waals surface area contributed by atoms with Gasteiger partial charge in [0.1, 0.15) is 0 Å². The molecule has 200 valence electrons. The van der Waals surface area contributed by atoms with Crippen LogP contribution in [0.2, 0.25) is 0 Å². The highest BCUT2D eigenvalue weighted by Crippen LogP contribution is 2.30. The predicted octanol–water partition coefficient (Wildman–Crippen LogP) is 3.51. The molecular weight excluding hydrogens is 504 g/mol. The second-order valence-corrected chi connectivity index (χ2v) is 7.53. The van der Waals surface area contributed by atoms with Crippen molar-refractivity contribution in [2.45, 2.75) is 44.6 Å². The maximum Gasteiger partial charge on any atom is 0.490 e. The Morgan fingerprint density at radius 3 is 2.14 bits per heavy atom. The van der Waals surface area contributed by atoms with Crippen molar-refractivity contribution >= 4 is 23.5 Å². The molecule has 0 spiro atoms. The number of alkyl halides is 6. The second kappa shape index (κ2) is 12.3. The molecule has 0 unspecified atom stereocenters. The van der Waals surface area contributed by atoms with Gasteiger partial charge in [-0.1, -0.05) is 13.3 Å². The fraction of sp³-hybridized carbons (Fsp3) is 0.450. The first-order valence-electron chi connectivity index (χ1n) is 10.1. The SMILES string of the molecule is C[C@@H]1CCC[C@H](N)c2cc(ccn2)-c2c(cnn2C)NC1=O.O=C(O)C(F)(F)F.O=C(O)C(F)(F)F. The Morgan fingerprint density at radius 1 is 1.11 bits per heavy atom. The first kappa shape index (κ1) is 30.3. The number of hydrogen-bond acceptors (Lipinski definition) is 6. The molecule has 0 saturated heterocycles. The van der Waals surface area contributed by atoms with E-state index in [0.717, 1.165) is 41.9 Å². The van der Waals surface area contributed by atoms with Crippen LogP contribution in [0.1, 0.15) is 37.9 Å². The van der Waals surface area contributed by atoms with Crippen LogP contribution in [0.4, 0.5) is 32.0 Å². The van der Waals surface area contributed by atoms with Crippen LogP contribution >= 0.6 is 0 Å². The monoisotopic (exact) mass is 527 g/mol. The van der Waals surface area contributed by atoms with Crippen molar-refractivity contribution in [2.75, 3.05) is 5.32 Å². The van der Waals surface area contributed by atoms with Gasteiger partial charge in [-0.2, -0.15) is 31.4 Å². The third-order valence-electron chi connectivity index (χ3n) is 4.72. The molecule has 0 fully saturated rings. The van der Waals surface area contributed by atoms with E-state index in [2.05, 4.69) is 15.4 Å². The van der Waals surface area contributed by atoms with Gasteiger partial charge in [0.05, 0.1) is 23.3 Å². The van der Waals surface area contributed by atoms with E-state index in [1.807, 2.05) is 26.1 Å². The van der Waals surface area contributed by atoms with Gasteiger partial charge in [-0.3, -0.25) is 14.5 Å². The number of anilines is 1. The minimum atomic E-state index is -5.08. The highest BCUT2D eigenvalue weighted by atomic mass is 19.4. The third-order valence-corrected chi connectivity index (χ3v) is 4.72. The van der Waals surface area contributed by atoms with Crippen LogP contribution in [0.25, 0.3) is 11.3 Å². The molecule has 2 aromatic heterocycles. The van der Waals surface area contributed by atoms with Crippen LogP contribution in [-0.4, -0.2) is 55.2 Å². The number of nitrogens with zero attached hydrogens (tertiary/aromatic N) is 3. The van der Waals surface area contributed by atoms with E-state index in [0.29, 0.717) is 0 Å². The summed E-state index contributed by atoms with van der Waals surface area (Å²) in [5, 5.41) is 21.5. The predicted molar refractivity (Wildman–Crippen MR) is 112 cm³/mol. The number of amides is 1. The normalized spacial score (nSPS) is 18.0. The number of aliphatic carboxylic acids is 2. The average molecular weight is 527 g/mol. The molecule has 0 radical (unpaired) electrons. The largest absolute Gasteiger partial charge is 0.490 e. The van der Waals surface area contributed by atoms with Crippen molar-refractivity contribution in [1.29, 1.82) is 0 Å². The van der Waals surface area contributed by atoms with Gasteiger partial charge in [-0.25, -0.2) is 9.59 Å². The summed E-state index contributed by atoms with van der Waals surface area (Å²) in [6.45, 7) is 1.94. The number of halogens is 6. The number of fused-ring (bicyclic) bond motifs is 4. The summed E-state index contributed by atoms with van der Waals surface area (Å²) >= 11 is 0. The van der Waals surface area contributed by atoms with E-state index in [1.165, 1.54) is 0 Å². The van der Waals surface area contributed by atoms with Crippen molar-refractivity contribution in [3.05, 3.63) is 30.2 Å². The van der Waals surface area contributed by atoms with E-state index in [-0.39, 0.29) is 17.9 Å². The molecule has 2 aromatic rings. The number of hydrogen-bond donors (Lipinski definition) is 4. The minimum Gasteiger partial charge on any atom is -0.475 e. The summed E-state index contributed by atoms with van der Waals surface area (Å²) in [5.41, 5.74) is 9.69. The Labute approximate surface area is 200 Å². The van der Waals surface area contributed by atoms with Gasteiger partial charge in [0.15, 0.2) is 0 Å². The number of aromatic nitrogens is 3. The van der Waals surface area contributed by atoms with Gasteiger partial charge in [0.2, 0.25) is 5.91 Å². The van der Waals surface area contributed by atoms with Crippen LogP contribution in [0, 0.1) is 5.92 Å². The molecule has 3 heterocycles. The van der Waals surface area contributed by atoms with E-state index in [4.69, 9.17) is 25.5 Å². The van der Waals surface area contributed by atoms with E-state index in [1.54, 1.807) is 17.1 Å². The number of carbonyl (C=O) groups is 3. The first-order valence-corrected chi connectivity index (χ1v) is 10.1. The van der Waals surface area contributed by atoms with Gasteiger partial charge >= 0.3 is 24.3 Å². The topological polar surface area (TPSA) is 160 Å². The number of pyridine rings is 1. The highest BCUT2D eigenvalue weighted by molar-refractivity contribution is 5.95. The Hall–Kier alpha value is -3.69. The molecule has 36 heavy (non-hydrogen) atoms. The Bertz CT molecular complexity index is 1050. The summed E-state index contributed by atoms with van der Waals surface area (Å²) in [5.74, 6) is -5.54. The molecule has 1 amide bonds. The van der Waals surface area contributed by atoms with Crippen LogP contribution in [0.5, 0.6) is 0 Å². The minimum absolute atomic E-state index is 0.0256. The average Bonchev–Trinajstić information content (AvgIpc) is 3.12. The lowest BCUT2D eigenvalue weighted by Crippen LogP contribution is -2.21. The zero-order chi connectivity index (χ0) is 27.8. The van der Waals surface area contributed by atoms with Crippen molar-refractivity contribution in [1.82, 2.24) is 14.8 Å². The van der Waals surface area contributed by atoms with Crippen molar-refractivity contribution < 1.29 is 50.9 Å². The lowest BCUT2D eigenvalue weighted by Gasteiger charge is -2.17. The quantitative estimate of drug-likeness (QED) is 0.379. The number of nitrogens with two attached hydrogens (primary N) is 1. The third kappa shape index (κ3) is 9.16. The lowest BCUT2D eigenvalue weighted by molar-refractivity contribution is -0.193. The molecule has 2 bridgehead atoms. The summed E-state index contributed by atoms with van der Waals surface area (Å²) in [6, 6.07) is 3.80. The molecule has 16 heteroatoms. The van der Waals surface area contributed by atoms with Gasteiger partial charge in [0.25, 0.3) is 0 Å². The number of carboxylic acids is 2. The number of carbonyl (C=O) groups excluding carboxylic acids is 1. The molecule has 10 nitrogen and oxygen atoms in total. The summed E-state index contributed by atoms with van der Waals surface area (Å²) in [6.07, 6.45) is -4.17. The molecule has 1 aliphatic rings. The fourth-order valence-electron chi connectivity index (χ4n) is 2.85. The molecule has 0 aliphatic carbocycles. The van der Waals surface area contributed by atoms with Gasteiger partial charge in [-0.05, 0) is 25.0 Å². The Balaban J connectivity index is 0.000000383. The zero-order valence-corrected chi connectivity index (χ0v) is 18.9. The summed E-state index contributed by atoms with van der Waals surface area (Å²) in [7, 11) is 1.86. The van der Waals surface area contributed by atoms with Crippen LogP contribution in [-0.2, 0) is 21.4 Å². The Morgan fingerprint density at radius 2 is 1.64 bits per heavy atom. The Kier molecular flexibility index (Phi) is 10.4. The number of nitrogens with one attached hydrogen (secondary N) is 1. The molecule has 0 saturated carbocycles. The van der Waals surface area contributed by atoms with Gasteiger partial charge in [-0.15, -0.1) is 0 Å². The van der Waals surface area contributed by atoms with E-state index in [9.17, 15) is 31.1 Å². The smallest absolute Gasteiger partial charge is 0.475 e. The highest BCUT2D eigenvalue weighted by Gasteiger charge is 2.38. The molecule has 1 aliphatic heterocycles. The standard InChI is InChI=1S/C16H21N5O.2C2HF3O2/c1-10-4-3-5-12(17)13-8-11(6-7-18-13)15-14(20-16(10)22)9-19-21(15)2;2*3-2(4,5)1(6)7/h6-10,12H,3-5,17H2,1-2H3,(H,20,22);2*(H,6,7)/t10-,12+;;/m1../s1. The molecular formula is C20H23F6N5O5. The van der Waals surface area contributed by atoms with Gasteiger partial charge in [0, 0.05) is 30.8 Å². The number of carboxylic acid groups (broad SMARTS) is 2. The summed E-state index contributed by atoms with van der Waals surface area (Å²) in [4.78, 5) is 34.5. The van der Waals surface area contributed by atoms with Gasteiger partial charge < -0.3 is 21.3 Å². The fourth-order valence-corrected chi connectivity index (χ4v) is 2.85. The van der Waals surface area contributed by atoms with Crippen LogP contribution < -0.4 is 11.1 Å². The lowest BCUT2D eigenvalue weighted by atomic mass is 9.97. The number of rotatable bonds is 0. The molecule has 0 aromatic carbocycles. The van der Waals surface area contributed by atoms with E-state index >= 15 is 0 Å². The molecule has 3 rings (SSSR count). The van der Waals surface area contributed by atoms with Crippen molar-refractivity contribution in [2.24, 2.45) is 18.7 Å². The summed E-state index contributed by atoms with van der Waals surface area (Å²) < 4.78 is 65.2. The van der Waals surface area contributed by atoms with Crippen molar-refractivity contribution in [3.8, 4) is 11.3 Å². The van der Waals surface area contributed by atoms with Crippen molar-refractivity contribution in [3.63, 3.8) is 0 Å². The zero-order valence-electron chi connectivity index (χ0n) is 18.9. The van der Waals surface area contributed by atoms with Crippen LogP contribution in [0.15, 0.2) is 24.5 Å². The maximum absolute atomic E-state index is 12.3. The second-order valence-electron chi connectivity index (χ2n) is 7.53. The first-order chi connectivity index (χ1) is 16.4. The number of aryl methyl sites for hydroxylation is 1. The molecule has 5 N–H and O–H groups in total. The maximum atomic E-state index is 12.3.